The Morgan fingerprint density at radius 1 is 0.929 bits per heavy atom. The van der Waals surface area contributed by atoms with E-state index in [-0.39, 0.29) is 17.7 Å². The zero-order chi connectivity index (χ0) is 30.4. The Labute approximate surface area is 254 Å². The standard InChI is InChI=1S/C32H36N4O4S2/c1-19(31(39)40)35-29(37)25(36-30(38)26-13-14-27(42-26)32(2,3)4)15-20-9-11-21(12-10-20)28-33-17-23(18-34-28)22-7-6-8-24(16-22)41-5/h6-14,16-19,25,31,39-40H,15H2,1-5H3,(H,35,37)(H,36,38). The number of rotatable bonds is 10. The number of benzene rings is 2. The molecule has 8 nitrogen and oxygen atoms in total. The van der Waals surface area contributed by atoms with Crippen LogP contribution < -0.4 is 10.6 Å². The van der Waals surface area contributed by atoms with Gasteiger partial charge in [-0.25, -0.2) is 9.97 Å². The molecule has 2 aromatic carbocycles. The molecule has 0 aliphatic rings. The van der Waals surface area contributed by atoms with Crippen molar-refractivity contribution in [1.29, 1.82) is 0 Å². The molecule has 0 saturated carbocycles. The number of thioether (sulfide) groups is 1. The number of aromatic nitrogens is 2. The Morgan fingerprint density at radius 3 is 2.21 bits per heavy atom. The van der Waals surface area contributed by atoms with Gasteiger partial charge in [0, 0.05) is 39.7 Å². The average molecular weight is 605 g/mol. The van der Waals surface area contributed by atoms with Crippen LogP contribution in [-0.2, 0) is 16.6 Å². The molecule has 2 amide bonds. The highest BCUT2D eigenvalue weighted by molar-refractivity contribution is 7.98. The SMILES string of the molecule is CSc1cccc(-c2cnc(-c3ccc(CC(NC(=O)c4ccc(C(C)(C)C)s4)C(=O)NC(C)C(O)O)cc3)nc2)c1. The van der Waals surface area contributed by atoms with Crippen molar-refractivity contribution in [3.63, 3.8) is 0 Å². The molecule has 220 valence electrons. The van der Waals surface area contributed by atoms with Crippen molar-refractivity contribution in [3.05, 3.63) is 88.4 Å². The van der Waals surface area contributed by atoms with E-state index in [2.05, 4.69) is 53.5 Å². The second kappa shape index (κ2) is 13.6. The van der Waals surface area contributed by atoms with Crippen LogP contribution in [0.1, 0.15) is 47.8 Å². The molecular weight excluding hydrogens is 569 g/mol. The summed E-state index contributed by atoms with van der Waals surface area (Å²) >= 11 is 3.07. The molecule has 0 bridgehead atoms. The number of carbonyl (C=O) groups is 2. The lowest BCUT2D eigenvalue weighted by molar-refractivity contribution is -0.128. The van der Waals surface area contributed by atoms with Crippen molar-refractivity contribution in [2.75, 3.05) is 6.26 Å². The topological polar surface area (TPSA) is 124 Å². The van der Waals surface area contributed by atoms with E-state index in [4.69, 9.17) is 0 Å². The molecule has 0 fully saturated rings. The van der Waals surface area contributed by atoms with Gasteiger partial charge in [-0.3, -0.25) is 9.59 Å². The number of nitrogens with one attached hydrogen (secondary N) is 2. The van der Waals surface area contributed by atoms with Crippen molar-refractivity contribution < 1.29 is 19.8 Å². The third-order valence-electron chi connectivity index (χ3n) is 6.71. The van der Waals surface area contributed by atoms with Crippen LogP contribution in [-0.4, -0.2) is 56.6 Å². The van der Waals surface area contributed by atoms with Gasteiger partial charge in [0.2, 0.25) is 5.91 Å². The highest BCUT2D eigenvalue weighted by atomic mass is 32.2. The number of thiophene rings is 1. The predicted molar refractivity (Wildman–Crippen MR) is 168 cm³/mol. The summed E-state index contributed by atoms with van der Waals surface area (Å²) in [4.78, 5) is 38.1. The molecule has 0 radical (unpaired) electrons. The van der Waals surface area contributed by atoms with Gasteiger partial charge in [-0.2, -0.15) is 0 Å². The molecule has 0 spiro atoms. The molecule has 4 aromatic rings. The molecule has 4 rings (SSSR count). The molecule has 0 aliphatic heterocycles. The minimum Gasteiger partial charge on any atom is -0.366 e. The molecule has 0 aliphatic carbocycles. The van der Waals surface area contributed by atoms with Crippen molar-refractivity contribution in [3.8, 4) is 22.5 Å². The van der Waals surface area contributed by atoms with Crippen LogP contribution in [0.25, 0.3) is 22.5 Å². The molecular formula is C32H36N4O4S2. The van der Waals surface area contributed by atoms with Crippen LogP contribution in [0.3, 0.4) is 0 Å². The van der Waals surface area contributed by atoms with Gasteiger partial charge in [0.15, 0.2) is 12.1 Å². The van der Waals surface area contributed by atoms with Gasteiger partial charge in [0.1, 0.15) is 6.04 Å². The summed E-state index contributed by atoms with van der Waals surface area (Å²) in [5.41, 5.74) is 3.51. The van der Waals surface area contributed by atoms with Gasteiger partial charge in [-0.1, -0.05) is 57.2 Å². The quantitative estimate of drug-likeness (QED) is 0.148. The molecule has 42 heavy (non-hydrogen) atoms. The predicted octanol–water partition coefficient (Wildman–Crippen LogP) is 5.05. The van der Waals surface area contributed by atoms with Gasteiger partial charge in [0.25, 0.3) is 5.91 Å². The normalized spacial score (nSPS) is 13.0. The highest BCUT2D eigenvalue weighted by Gasteiger charge is 2.26. The smallest absolute Gasteiger partial charge is 0.262 e. The first kappa shape index (κ1) is 31.4. The highest BCUT2D eigenvalue weighted by Crippen LogP contribution is 2.29. The number of aliphatic hydroxyl groups is 2. The minimum atomic E-state index is -1.72. The Kier molecular flexibility index (Phi) is 10.2. The number of hydrogen-bond donors (Lipinski definition) is 4. The summed E-state index contributed by atoms with van der Waals surface area (Å²) in [6.45, 7) is 7.71. The fourth-order valence-corrected chi connectivity index (χ4v) is 5.58. The van der Waals surface area contributed by atoms with Crippen LogP contribution in [0.5, 0.6) is 0 Å². The Bertz CT molecular complexity index is 1510. The summed E-state index contributed by atoms with van der Waals surface area (Å²) in [5, 5.41) is 24.3. The third-order valence-corrected chi connectivity index (χ3v) is 8.95. The summed E-state index contributed by atoms with van der Waals surface area (Å²) in [6.07, 6.45) is 4.12. The number of nitrogens with zero attached hydrogens (tertiary/aromatic N) is 2. The fraction of sp³-hybridized carbons (Fsp3) is 0.312. The minimum absolute atomic E-state index is 0.0995. The molecule has 2 atom stereocenters. The molecule has 4 N–H and O–H groups in total. The Morgan fingerprint density at radius 2 is 1.62 bits per heavy atom. The summed E-state index contributed by atoms with van der Waals surface area (Å²) < 4.78 is 0. The first-order valence-electron chi connectivity index (χ1n) is 13.6. The van der Waals surface area contributed by atoms with Gasteiger partial charge >= 0.3 is 0 Å². The molecule has 2 heterocycles. The van der Waals surface area contributed by atoms with Crippen molar-refractivity contribution in [2.24, 2.45) is 0 Å². The second-order valence-corrected chi connectivity index (χ2v) is 13.0. The lowest BCUT2D eigenvalue weighted by Gasteiger charge is -2.22. The number of aliphatic hydroxyl groups excluding tert-OH is 1. The van der Waals surface area contributed by atoms with Crippen LogP contribution in [0.4, 0.5) is 0 Å². The fourth-order valence-electron chi connectivity index (χ4n) is 4.16. The summed E-state index contributed by atoms with van der Waals surface area (Å²) in [7, 11) is 0. The van der Waals surface area contributed by atoms with Gasteiger partial charge in [-0.05, 0) is 54.0 Å². The van der Waals surface area contributed by atoms with Crippen LogP contribution in [0.15, 0.2) is 78.0 Å². The van der Waals surface area contributed by atoms with E-state index in [9.17, 15) is 19.8 Å². The number of amides is 2. The number of hydrogen-bond acceptors (Lipinski definition) is 8. The van der Waals surface area contributed by atoms with E-state index < -0.39 is 24.3 Å². The van der Waals surface area contributed by atoms with Crippen LogP contribution in [0, 0.1) is 0 Å². The molecule has 10 heteroatoms. The summed E-state index contributed by atoms with van der Waals surface area (Å²) in [6, 6.07) is 17.6. The first-order valence-corrected chi connectivity index (χ1v) is 15.6. The van der Waals surface area contributed by atoms with Crippen LogP contribution in [0.2, 0.25) is 0 Å². The van der Waals surface area contributed by atoms with E-state index >= 15 is 0 Å². The van der Waals surface area contributed by atoms with Crippen LogP contribution >= 0.6 is 23.1 Å². The average Bonchev–Trinajstić information content (AvgIpc) is 3.49. The lowest BCUT2D eigenvalue weighted by Crippen LogP contribution is -2.52. The van der Waals surface area contributed by atoms with E-state index in [0.717, 1.165) is 27.1 Å². The lowest BCUT2D eigenvalue weighted by atomic mass is 9.95. The zero-order valence-electron chi connectivity index (χ0n) is 24.3. The molecule has 2 unspecified atom stereocenters. The first-order chi connectivity index (χ1) is 19.9. The maximum atomic E-state index is 13.1. The zero-order valence-corrected chi connectivity index (χ0v) is 25.9. The summed E-state index contributed by atoms with van der Waals surface area (Å²) in [5.74, 6) is -0.293. The third kappa shape index (κ3) is 8.04. The van der Waals surface area contributed by atoms with Gasteiger partial charge in [0.05, 0.1) is 10.9 Å². The van der Waals surface area contributed by atoms with E-state index in [0.29, 0.717) is 10.7 Å². The molecule has 2 aromatic heterocycles. The monoisotopic (exact) mass is 604 g/mol. The Balaban J connectivity index is 1.49. The largest absolute Gasteiger partial charge is 0.366 e. The molecule has 0 saturated heterocycles. The maximum absolute atomic E-state index is 13.1. The van der Waals surface area contributed by atoms with Crippen molar-refractivity contribution in [1.82, 2.24) is 20.6 Å². The maximum Gasteiger partial charge on any atom is 0.262 e. The van der Waals surface area contributed by atoms with E-state index in [1.54, 1.807) is 30.2 Å². The van der Waals surface area contributed by atoms with Crippen molar-refractivity contribution >= 4 is 34.9 Å². The van der Waals surface area contributed by atoms with E-state index in [1.807, 2.05) is 48.7 Å². The van der Waals surface area contributed by atoms with Gasteiger partial charge in [-0.15, -0.1) is 23.1 Å². The van der Waals surface area contributed by atoms with E-state index in [1.165, 1.54) is 23.2 Å². The second-order valence-electron chi connectivity index (χ2n) is 11.1. The van der Waals surface area contributed by atoms with Crippen molar-refractivity contribution in [2.45, 2.75) is 62.8 Å². The van der Waals surface area contributed by atoms with Gasteiger partial charge < -0.3 is 20.8 Å². The number of carbonyl (C=O) groups excluding carboxylic acids is 2. The Hall–Kier alpha value is -3.57.